The molecule has 0 fully saturated rings. The summed E-state index contributed by atoms with van der Waals surface area (Å²) in [7, 11) is 0. The van der Waals surface area contributed by atoms with Gasteiger partial charge in [0.1, 0.15) is 0 Å². The summed E-state index contributed by atoms with van der Waals surface area (Å²) < 4.78 is 2.50. The van der Waals surface area contributed by atoms with Crippen LogP contribution in [0, 0.1) is 5.92 Å². The summed E-state index contributed by atoms with van der Waals surface area (Å²) in [6.45, 7) is 4.62. The molecule has 0 heterocycles. The van der Waals surface area contributed by atoms with Crippen LogP contribution in [0.25, 0.3) is 0 Å². The predicted molar refractivity (Wildman–Crippen MR) is 126 cm³/mol. The Labute approximate surface area is 183 Å². The summed E-state index contributed by atoms with van der Waals surface area (Å²) in [5, 5.41) is 0. The van der Waals surface area contributed by atoms with Gasteiger partial charge in [-0.3, -0.25) is 0 Å². The molecule has 0 spiro atoms. The van der Waals surface area contributed by atoms with Gasteiger partial charge < -0.3 is 0 Å². The standard InChI is InChI=1S/C25H34Br2/c1-3-5-7-9-15-25(16-10-8-6-4-2)23-17-19(26)11-13-21(23)22-14-12-20(27)18-24(22)25/h11-14,17-18,21,23H,3-10,15-16H2,1-2H3. The van der Waals surface area contributed by atoms with Crippen LogP contribution in [0.3, 0.4) is 0 Å². The van der Waals surface area contributed by atoms with E-state index >= 15 is 0 Å². The van der Waals surface area contributed by atoms with Gasteiger partial charge in [-0.15, -0.1) is 0 Å². The zero-order chi connectivity index (χ0) is 19.3. The molecular formula is C25H34Br2. The summed E-state index contributed by atoms with van der Waals surface area (Å²) in [6, 6.07) is 7.07. The van der Waals surface area contributed by atoms with Gasteiger partial charge in [-0.2, -0.15) is 0 Å². The average molecular weight is 494 g/mol. The van der Waals surface area contributed by atoms with E-state index in [0.29, 0.717) is 17.3 Å². The SMILES string of the molecule is CCCCCCC1(CCCCCC)c2cc(Br)ccc2C2C=CC(Br)=CC21. The molecule has 0 radical (unpaired) electrons. The van der Waals surface area contributed by atoms with Crippen molar-refractivity contribution in [2.75, 3.05) is 0 Å². The number of rotatable bonds is 10. The summed E-state index contributed by atoms with van der Waals surface area (Å²) in [4.78, 5) is 0. The molecule has 0 amide bonds. The summed E-state index contributed by atoms with van der Waals surface area (Å²) in [5.74, 6) is 1.15. The highest BCUT2D eigenvalue weighted by Crippen LogP contribution is 2.58. The molecule has 0 aromatic heterocycles. The quantitative estimate of drug-likeness (QED) is 0.285. The van der Waals surface area contributed by atoms with E-state index in [1.54, 1.807) is 11.1 Å². The molecule has 2 unspecified atom stereocenters. The maximum Gasteiger partial charge on any atom is 0.0178 e. The molecule has 3 rings (SSSR count). The van der Waals surface area contributed by atoms with Gasteiger partial charge in [0, 0.05) is 20.3 Å². The van der Waals surface area contributed by atoms with Crippen molar-refractivity contribution in [3.63, 3.8) is 0 Å². The summed E-state index contributed by atoms with van der Waals surface area (Å²) >= 11 is 7.56. The molecule has 1 aromatic carbocycles. The Bertz CT molecular complexity index is 674. The van der Waals surface area contributed by atoms with E-state index in [2.05, 4.69) is 82.1 Å². The van der Waals surface area contributed by atoms with Gasteiger partial charge in [0.05, 0.1) is 0 Å². The fraction of sp³-hybridized carbons (Fsp3) is 0.600. The highest BCUT2D eigenvalue weighted by atomic mass is 79.9. The zero-order valence-corrected chi connectivity index (χ0v) is 20.1. The van der Waals surface area contributed by atoms with E-state index in [4.69, 9.17) is 0 Å². The number of hydrogen-bond acceptors (Lipinski definition) is 0. The predicted octanol–water partition coefficient (Wildman–Crippen LogP) is 9.19. The van der Waals surface area contributed by atoms with Crippen LogP contribution in [0.1, 0.15) is 95.1 Å². The first-order chi connectivity index (χ1) is 13.1. The highest BCUT2D eigenvalue weighted by Gasteiger charge is 2.50. The third-order valence-corrected chi connectivity index (χ3v) is 7.71. The van der Waals surface area contributed by atoms with Crippen molar-refractivity contribution in [3.8, 4) is 0 Å². The van der Waals surface area contributed by atoms with E-state index < -0.39 is 0 Å². The van der Waals surface area contributed by atoms with Crippen molar-refractivity contribution >= 4 is 31.9 Å². The molecule has 27 heavy (non-hydrogen) atoms. The summed E-state index contributed by atoms with van der Waals surface area (Å²) in [5.41, 5.74) is 3.50. The van der Waals surface area contributed by atoms with Gasteiger partial charge in [-0.05, 0) is 42.0 Å². The van der Waals surface area contributed by atoms with Crippen molar-refractivity contribution in [1.29, 1.82) is 0 Å². The Balaban J connectivity index is 1.96. The normalized spacial score (nSPS) is 22.4. The molecule has 2 aliphatic rings. The maximum atomic E-state index is 3.79. The highest BCUT2D eigenvalue weighted by molar-refractivity contribution is 9.12. The van der Waals surface area contributed by atoms with Crippen LogP contribution in [0.2, 0.25) is 0 Å². The first kappa shape index (κ1) is 21.4. The number of benzene rings is 1. The largest absolute Gasteiger partial charge is 0.0753 e. The second-order valence-corrected chi connectivity index (χ2v) is 10.3. The van der Waals surface area contributed by atoms with Crippen molar-refractivity contribution in [2.45, 2.75) is 89.4 Å². The van der Waals surface area contributed by atoms with Gasteiger partial charge >= 0.3 is 0 Å². The fourth-order valence-electron chi connectivity index (χ4n) is 5.34. The topological polar surface area (TPSA) is 0 Å². The van der Waals surface area contributed by atoms with E-state index in [-0.39, 0.29) is 0 Å². The fourth-order valence-corrected chi connectivity index (χ4v) is 6.14. The number of unbranched alkanes of at least 4 members (excludes halogenated alkanes) is 6. The maximum absolute atomic E-state index is 3.79. The number of hydrogen-bond donors (Lipinski definition) is 0. The van der Waals surface area contributed by atoms with Crippen LogP contribution < -0.4 is 0 Å². The van der Waals surface area contributed by atoms with E-state index in [9.17, 15) is 0 Å². The molecule has 0 N–H and O–H groups in total. The Kier molecular flexibility index (Phi) is 7.85. The molecular weight excluding hydrogens is 460 g/mol. The monoisotopic (exact) mass is 492 g/mol. The van der Waals surface area contributed by atoms with Crippen LogP contribution in [-0.2, 0) is 5.41 Å². The minimum atomic E-state index is 0.301. The Morgan fingerprint density at radius 3 is 2.19 bits per heavy atom. The molecule has 148 valence electrons. The first-order valence-corrected chi connectivity index (χ1v) is 12.6. The minimum Gasteiger partial charge on any atom is -0.0753 e. The molecule has 2 heteroatoms. The van der Waals surface area contributed by atoms with Crippen LogP contribution in [0.5, 0.6) is 0 Å². The smallest absolute Gasteiger partial charge is 0.0178 e. The van der Waals surface area contributed by atoms with Gasteiger partial charge in [0.25, 0.3) is 0 Å². The lowest BCUT2D eigenvalue weighted by molar-refractivity contribution is 0.264. The lowest BCUT2D eigenvalue weighted by Crippen LogP contribution is -2.32. The lowest BCUT2D eigenvalue weighted by Gasteiger charge is -2.38. The van der Waals surface area contributed by atoms with Gasteiger partial charge in [-0.1, -0.05) is 121 Å². The van der Waals surface area contributed by atoms with Crippen LogP contribution >= 0.6 is 31.9 Å². The molecule has 0 saturated carbocycles. The van der Waals surface area contributed by atoms with E-state index in [1.807, 2.05) is 0 Å². The number of fused-ring (bicyclic) bond motifs is 3. The molecule has 0 bridgehead atoms. The molecule has 0 saturated heterocycles. The molecule has 0 aliphatic heterocycles. The van der Waals surface area contributed by atoms with Crippen LogP contribution in [0.4, 0.5) is 0 Å². The Hall–Kier alpha value is -0.340. The second kappa shape index (κ2) is 9.92. The van der Waals surface area contributed by atoms with Gasteiger partial charge in [0.2, 0.25) is 0 Å². The molecule has 2 aliphatic carbocycles. The van der Waals surface area contributed by atoms with Gasteiger partial charge in [-0.25, -0.2) is 0 Å². The lowest BCUT2D eigenvalue weighted by atomic mass is 9.65. The molecule has 0 nitrogen and oxygen atoms in total. The average Bonchev–Trinajstić information content (AvgIpc) is 2.92. The Morgan fingerprint density at radius 2 is 1.56 bits per heavy atom. The molecule has 2 atom stereocenters. The number of allylic oxidation sites excluding steroid dienone is 4. The number of halogens is 2. The summed E-state index contributed by atoms with van der Waals surface area (Å²) in [6.07, 6.45) is 20.7. The first-order valence-electron chi connectivity index (χ1n) is 11.0. The van der Waals surface area contributed by atoms with Crippen molar-refractivity contribution in [2.24, 2.45) is 5.92 Å². The second-order valence-electron chi connectivity index (χ2n) is 8.47. The Morgan fingerprint density at radius 1 is 0.889 bits per heavy atom. The third-order valence-electron chi connectivity index (χ3n) is 6.69. The minimum absolute atomic E-state index is 0.301. The van der Waals surface area contributed by atoms with Crippen molar-refractivity contribution in [1.82, 2.24) is 0 Å². The van der Waals surface area contributed by atoms with Crippen LogP contribution in [0.15, 0.2) is 45.4 Å². The van der Waals surface area contributed by atoms with Crippen molar-refractivity contribution in [3.05, 3.63) is 56.5 Å². The van der Waals surface area contributed by atoms with Gasteiger partial charge in [0.15, 0.2) is 0 Å². The van der Waals surface area contributed by atoms with Crippen LogP contribution in [-0.4, -0.2) is 0 Å². The molecule has 1 aromatic rings. The van der Waals surface area contributed by atoms with Crippen molar-refractivity contribution < 1.29 is 0 Å². The zero-order valence-electron chi connectivity index (χ0n) is 16.9. The van der Waals surface area contributed by atoms with E-state index in [0.717, 1.165) is 0 Å². The third kappa shape index (κ3) is 4.64. The van der Waals surface area contributed by atoms with E-state index in [1.165, 1.54) is 73.2 Å².